The van der Waals surface area contributed by atoms with Gasteiger partial charge < -0.3 is 14.8 Å². The van der Waals surface area contributed by atoms with Crippen molar-refractivity contribution in [1.82, 2.24) is 5.32 Å². The molecular formula is C21H27NO3. The molecule has 2 rings (SSSR count). The number of benzene rings is 2. The van der Waals surface area contributed by atoms with E-state index in [0.29, 0.717) is 13.2 Å². The van der Waals surface area contributed by atoms with E-state index in [0.717, 1.165) is 29.0 Å². The van der Waals surface area contributed by atoms with Gasteiger partial charge in [0.05, 0.1) is 6.54 Å². The molecule has 1 N–H and O–H groups in total. The van der Waals surface area contributed by atoms with Gasteiger partial charge in [0, 0.05) is 0 Å². The lowest BCUT2D eigenvalue weighted by molar-refractivity contribution is -0.127. The lowest BCUT2D eigenvalue weighted by Gasteiger charge is -2.17. The van der Waals surface area contributed by atoms with Gasteiger partial charge in [-0.3, -0.25) is 4.79 Å². The summed E-state index contributed by atoms with van der Waals surface area (Å²) in [6, 6.07) is 13.8. The van der Waals surface area contributed by atoms with Crippen LogP contribution in [0.4, 0.5) is 0 Å². The van der Waals surface area contributed by atoms with E-state index < -0.39 is 6.10 Å². The van der Waals surface area contributed by atoms with Crippen molar-refractivity contribution in [3.05, 3.63) is 59.2 Å². The predicted molar refractivity (Wildman–Crippen MR) is 100 cm³/mol. The maximum absolute atomic E-state index is 12.2. The molecule has 0 aliphatic carbocycles. The minimum atomic E-state index is -0.547. The summed E-state index contributed by atoms with van der Waals surface area (Å²) in [5.41, 5.74) is 3.40. The van der Waals surface area contributed by atoms with Crippen LogP contribution in [0.3, 0.4) is 0 Å². The van der Waals surface area contributed by atoms with Gasteiger partial charge >= 0.3 is 0 Å². The van der Waals surface area contributed by atoms with Crippen molar-refractivity contribution in [3.63, 3.8) is 0 Å². The monoisotopic (exact) mass is 341 g/mol. The number of hydrogen-bond acceptors (Lipinski definition) is 3. The zero-order chi connectivity index (χ0) is 18.2. The molecule has 25 heavy (non-hydrogen) atoms. The summed E-state index contributed by atoms with van der Waals surface area (Å²) in [6.07, 6.45) is 0.322. The van der Waals surface area contributed by atoms with Gasteiger partial charge in [0.15, 0.2) is 6.10 Å². The first-order valence-electron chi connectivity index (χ1n) is 8.73. The van der Waals surface area contributed by atoms with E-state index in [4.69, 9.17) is 9.47 Å². The van der Waals surface area contributed by atoms with Crippen molar-refractivity contribution in [1.29, 1.82) is 0 Å². The molecule has 0 bridgehead atoms. The molecular weight excluding hydrogens is 314 g/mol. The number of para-hydroxylation sites is 1. The third kappa shape index (κ3) is 5.52. The van der Waals surface area contributed by atoms with Crippen molar-refractivity contribution in [2.75, 3.05) is 13.2 Å². The molecule has 1 amide bonds. The van der Waals surface area contributed by atoms with Crippen LogP contribution in [0.5, 0.6) is 11.5 Å². The number of nitrogens with one attached hydrogen (secondary N) is 1. The van der Waals surface area contributed by atoms with Crippen LogP contribution in [-0.4, -0.2) is 25.2 Å². The quantitative estimate of drug-likeness (QED) is 0.742. The highest BCUT2D eigenvalue weighted by atomic mass is 16.5. The number of ether oxygens (including phenoxy) is 2. The highest BCUT2D eigenvalue weighted by Gasteiger charge is 2.15. The fraction of sp³-hybridized carbons (Fsp3) is 0.381. The Morgan fingerprint density at radius 1 is 1.12 bits per heavy atom. The summed E-state index contributed by atoms with van der Waals surface area (Å²) in [5, 5.41) is 2.85. The number of rotatable bonds is 8. The molecule has 4 heteroatoms. The molecule has 4 nitrogen and oxygen atoms in total. The third-order valence-corrected chi connectivity index (χ3v) is 4.02. The average Bonchev–Trinajstić information content (AvgIpc) is 2.60. The van der Waals surface area contributed by atoms with E-state index in [1.165, 1.54) is 5.56 Å². The molecule has 0 aliphatic heterocycles. The molecule has 0 spiro atoms. The third-order valence-electron chi connectivity index (χ3n) is 4.02. The molecule has 134 valence electrons. The molecule has 0 fully saturated rings. The van der Waals surface area contributed by atoms with Crippen LogP contribution in [-0.2, 0) is 11.2 Å². The Labute approximate surface area is 150 Å². The van der Waals surface area contributed by atoms with Gasteiger partial charge in [-0.05, 0) is 50.5 Å². The van der Waals surface area contributed by atoms with Crippen LogP contribution in [0.25, 0.3) is 0 Å². The topological polar surface area (TPSA) is 47.6 Å². The van der Waals surface area contributed by atoms with E-state index >= 15 is 0 Å². The second kappa shape index (κ2) is 9.11. The first-order valence-corrected chi connectivity index (χ1v) is 8.73. The van der Waals surface area contributed by atoms with Crippen molar-refractivity contribution < 1.29 is 14.3 Å². The predicted octanol–water partition coefficient (Wildman–Crippen LogP) is 3.83. The van der Waals surface area contributed by atoms with Crippen LogP contribution in [0.15, 0.2) is 42.5 Å². The minimum absolute atomic E-state index is 0.143. The molecule has 2 aromatic rings. The van der Waals surface area contributed by atoms with E-state index in [1.54, 1.807) is 6.92 Å². The Kier molecular flexibility index (Phi) is 6.87. The smallest absolute Gasteiger partial charge is 0.260 e. The fourth-order valence-electron chi connectivity index (χ4n) is 2.60. The maximum Gasteiger partial charge on any atom is 0.260 e. The van der Waals surface area contributed by atoms with Gasteiger partial charge in [0.25, 0.3) is 5.91 Å². The molecule has 0 radical (unpaired) electrons. The summed E-state index contributed by atoms with van der Waals surface area (Å²) in [6.45, 7) is 8.75. The number of hydrogen-bond donors (Lipinski definition) is 1. The first-order chi connectivity index (χ1) is 12.0. The van der Waals surface area contributed by atoms with Crippen LogP contribution < -0.4 is 14.8 Å². The number of carbonyl (C=O) groups excluding carboxylic acids is 1. The Hall–Kier alpha value is -2.49. The van der Waals surface area contributed by atoms with Crippen LogP contribution >= 0.6 is 0 Å². The zero-order valence-corrected chi connectivity index (χ0v) is 15.5. The lowest BCUT2D eigenvalue weighted by atomic mass is 10.1. The molecule has 0 heterocycles. The van der Waals surface area contributed by atoms with Crippen molar-refractivity contribution in [3.8, 4) is 11.5 Å². The van der Waals surface area contributed by atoms with E-state index in [9.17, 15) is 4.79 Å². The first kappa shape index (κ1) is 18.8. The van der Waals surface area contributed by atoms with E-state index in [-0.39, 0.29) is 5.91 Å². The Morgan fingerprint density at radius 2 is 1.88 bits per heavy atom. The molecule has 0 saturated heterocycles. The average molecular weight is 341 g/mol. The normalized spacial score (nSPS) is 11.7. The summed E-state index contributed by atoms with van der Waals surface area (Å²) >= 11 is 0. The number of aryl methyl sites for hydroxylation is 3. The summed E-state index contributed by atoms with van der Waals surface area (Å²) in [7, 11) is 0. The Morgan fingerprint density at radius 3 is 2.60 bits per heavy atom. The molecule has 0 unspecified atom stereocenters. The van der Waals surface area contributed by atoms with Crippen molar-refractivity contribution in [2.24, 2.45) is 0 Å². The van der Waals surface area contributed by atoms with Gasteiger partial charge in [0.2, 0.25) is 0 Å². The number of carbonyl (C=O) groups is 1. The SMILES string of the molecule is CCc1ccccc1O[C@H](C)C(=O)NCCOc1ccc(C)cc1C. The van der Waals surface area contributed by atoms with Gasteiger partial charge in [-0.25, -0.2) is 0 Å². The van der Waals surface area contributed by atoms with Crippen molar-refractivity contribution in [2.45, 2.75) is 40.2 Å². The molecule has 2 aromatic carbocycles. The summed E-state index contributed by atoms with van der Waals surface area (Å²) in [5.74, 6) is 1.47. The Bertz CT molecular complexity index is 712. The largest absolute Gasteiger partial charge is 0.491 e. The van der Waals surface area contributed by atoms with E-state index in [1.807, 2.05) is 43.3 Å². The summed E-state index contributed by atoms with van der Waals surface area (Å²) < 4.78 is 11.5. The Balaban J connectivity index is 1.77. The second-order valence-electron chi connectivity index (χ2n) is 6.13. The molecule has 0 saturated carbocycles. The highest BCUT2D eigenvalue weighted by Crippen LogP contribution is 2.20. The minimum Gasteiger partial charge on any atom is -0.491 e. The zero-order valence-electron chi connectivity index (χ0n) is 15.5. The van der Waals surface area contributed by atoms with Crippen LogP contribution in [0.1, 0.15) is 30.5 Å². The van der Waals surface area contributed by atoms with Crippen LogP contribution in [0.2, 0.25) is 0 Å². The number of amides is 1. The van der Waals surface area contributed by atoms with Gasteiger partial charge in [0.1, 0.15) is 18.1 Å². The van der Waals surface area contributed by atoms with Crippen molar-refractivity contribution >= 4 is 5.91 Å². The lowest BCUT2D eigenvalue weighted by Crippen LogP contribution is -2.38. The highest BCUT2D eigenvalue weighted by molar-refractivity contribution is 5.80. The van der Waals surface area contributed by atoms with Crippen LogP contribution in [0, 0.1) is 13.8 Å². The summed E-state index contributed by atoms with van der Waals surface area (Å²) in [4.78, 5) is 12.2. The molecule has 1 atom stereocenters. The van der Waals surface area contributed by atoms with Gasteiger partial charge in [-0.2, -0.15) is 0 Å². The van der Waals surface area contributed by atoms with Gasteiger partial charge in [-0.15, -0.1) is 0 Å². The van der Waals surface area contributed by atoms with Gasteiger partial charge in [-0.1, -0.05) is 42.8 Å². The fourth-order valence-corrected chi connectivity index (χ4v) is 2.60. The molecule has 0 aliphatic rings. The second-order valence-corrected chi connectivity index (χ2v) is 6.13. The maximum atomic E-state index is 12.2. The molecule has 0 aromatic heterocycles. The standard InChI is InChI=1S/C21H27NO3/c1-5-18-8-6-7-9-20(18)25-17(4)21(23)22-12-13-24-19-11-10-15(2)14-16(19)3/h6-11,14,17H,5,12-13H2,1-4H3,(H,22,23)/t17-/m1/s1. The van der Waals surface area contributed by atoms with E-state index in [2.05, 4.69) is 25.2 Å².